The number of para-hydroxylation sites is 1. The molecule has 5 atom stereocenters. The molecule has 2 aromatic rings. The number of carbonyl (C=O) groups is 3. The Kier molecular flexibility index (Phi) is 4.29. The van der Waals surface area contributed by atoms with E-state index in [-0.39, 0.29) is 29.2 Å². The van der Waals surface area contributed by atoms with E-state index in [0.29, 0.717) is 12.1 Å². The van der Waals surface area contributed by atoms with Crippen molar-refractivity contribution in [3.8, 4) is 0 Å². The molecule has 6 rings (SSSR count). The number of amides is 3. The Morgan fingerprint density at radius 1 is 1.12 bits per heavy atom. The van der Waals surface area contributed by atoms with Gasteiger partial charge in [-0.2, -0.15) is 0 Å². The number of fused-ring (bicyclic) bond motifs is 7. The van der Waals surface area contributed by atoms with Crippen molar-refractivity contribution in [3.05, 3.63) is 63.7 Å². The van der Waals surface area contributed by atoms with E-state index in [1.54, 1.807) is 17.9 Å². The van der Waals surface area contributed by atoms with Crippen LogP contribution >= 0.6 is 0 Å². The molecular formula is C25H25N4O5+. The highest BCUT2D eigenvalue weighted by Crippen LogP contribution is 2.54. The number of nitrogens with one attached hydrogen (secondary N) is 1. The second kappa shape index (κ2) is 6.96. The highest BCUT2D eigenvalue weighted by Gasteiger charge is 2.79. The van der Waals surface area contributed by atoms with Crippen LogP contribution < -0.4 is 14.7 Å². The zero-order chi connectivity index (χ0) is 23.9. The van der Waals surface area contributed by atoms with E-state index in [9.17, 15) is 24.5 Å². The van der Waals surface area contributed by atoms with Crippen LogP contribution in [0.25, 0.3) is 0 Å². The molecule has 9 heteroatoms. The van der Waals surface area contributed by atoms with Gasteiger partial charge in [-0.1, -0.05) is 24.3 Å². The van der Waals surface area contributed by atoms with Gasteiger partial charge in [-0.25, -0.2) is 4.90 Å². The number of quaternary nitrogens is 1. The van der Waals surface area contributed by atoms with Crippen LogP contribution in [0.3, 0.4) is 0 Å². The molecule has 0 aliphatic carbocycles. The van der Waals surface area contributed by atoms with Crippen molar-refractivity contribution in [1.82, 2.24) is 0 Å². The molecular weight excluding hydrogens is 436 g/mol. The highest BCUT2D eigenvalue weighted by molar-refractivity contribution is 6.25. The third kappa shape index (κ3) is 2.30. The molecule has 34 heavy (non-hydrogen) atoms. The van der Waals surface area contributed by atoms with E-state index >= 15 is 0 Å². The summed E-state index contributed by atoms with van der Waals surface area (Å²) in [5.74, 6) is -2.35. The van der Waals surface area contributed by atoms with E-state index < -0.39 is 28.2 Å². The van der Waals surface area contributed by atoms with Crippen molar-refractivity contribution in [2.75, 3.05) is 22.9 Å². The predicted octanol–water partition coefficient (Wildman–Crippen LogP) is 1.33. The fraction of sp³-hybridized carbons (Fsp3) is 0.400. The van der Waals surface area contributed by atoms with E-state index in [4.69, 9.17) is 0 Å². The van der Waals surface area contributed by atoms with Crippen molar-refractivity contribution in [1.29, 1.82) is 0 Å². The number of hydrogen-bond acceptors (Lipinski definition) is 5. The maximum absolute atomic E-state index is 14.1. The van der Waals surface area contributed by atoms with Gasteiger partial charge in [-0.3, -0.25) is 24.5 Å². The predicted molar refractivity (Wildman–Crippen MR) is 122 cm³/mol. The topological polar surface area (TPSA) is 105 Å². The lowest BCUT2D eigenvalue weighted by Crippen LogP contribution is -3.20. The SMILES string of the molecule is CCN1C(=O)[C@@]2(c3ccccc31)[C@@H]1C(=O)N(c3cc([N+](=O)[O-])ccc3C)C(=O)[C@@H]1[C@@H]1CCC[NH+]12. The Hall–Kier alpha value is -3.59. The third-order valence-corrected chi connectivity index (χ3v) is 8.33. The number of benzene rings is 2. The van der Waals surface area contributed by atoms with Gasteiger partial charge in [0.25, 0.3) is 11.6 Å². The number of nitro benzene ring substituents is 1. The van der Waals surface area contributed by atoms with Crippen LogP contribution in [0.4, 0.5) is 17.1 Å². The molecule has 1 unspecified atom stereocenters. The van der Waals surface area contributed by atoms with Gasteiger partial charge in [0.2, 0.25) is 17.4 Å². The molecule has 0 aromatic heterocycles. The third-order valence-electron chi connectivity index (χ3n) is 8.33. The average Bonchev–Trinajstić information content (AvgIpc) is 3.52. The molecule has 4 heterocycles. The molecule has 3 saturated heterocycles. The Morgan fingerprint density at radius 3 is 2.62 bits per heavy atom. The van der Waals surface area contributed by atoms with Crippen LogP contribution in [0.1, 0.15) is 30.9 Å². The summed E-state index contributed by atoms with van der Waals surface area (Å²) < 4.78 is 0. The number of non-ortho nitro benzene ring substituents is 1. The molecule has 0 radical (unpaired) electrons. The molecule has 0 saturated carbocycles. The first-order valence-electron chi connectivity index (χ1n) is 11.7. The van der Waals surface area contributed by atoms with Crippen LogP contribution in [0, 0.1) is 28.9 Å². The van der Waals surface area contributed by atoms with Crippen LogP contribution in [-0.4, -0.2) is 41.8 Å². The quantitative estimate of drug-likeness (QED) is 0.422. The number of nitro groups is 1. The van der Waals surface area contributed by atoms with Gasteiger partial charge in [0, 0.05) is 37.1 Å². The van der Waals surface area contributed by atoms with Crippen LogP contribution in [0.2, 0.25) is 0 Å². The number of nitrogens with zero attached hydrogens (tertiary/aromatic N) is 3. The molecule has 174 valence electrons. The Labute approximate surface area is 196 Å². The van der Waals surface area contributed by atoms with Gasteiger partial charge in [-0.05, 0) is 25.5 Å². The number of imide groups is 1. The summed E-state index contributed by atoms with van der Waals surface area (Å²) in [6, 6.07) is 11.7. The second-order valence-corrected chi connectivity index (χ2v) is 9.64. The van der Waals surface area contributed by atoms with Crippen molar-refractivity contribution in [3.63, 3.8) is 0 Å². The molecule has 1 N–H and O–H groups in total. The minimum absolute atomic E-state index is 0.121. The zero-order valence-electron chi connectivity index (χ0n) is 19.0. The lowest BCUT2D eigenvalue weighted by Gasteiger charge is -2.34. The first-order chi connectivity index (χ1) is 16.3. The molecule has 2 aromatic carbocycles. The molecule has 0 bridgehead atoms. The normalized spacial score (nSPS) is 31.4. The molecule has 3 amide bonds. The summed E-state index contributed by atoms with van der Waals surface area (Å²) in [5, 5.41) is 11.4. The summed E-state index contributed by atoms with van der Waals surface area (Å²) >= 11 is 0. The number of rotatable bonds is 3. The van der Waals surface area contributed by atoms with Crippen LogP contribution in [-0.2, 0) is 19.9 Å². The first-order valence-corrected chi connectivity index (χ1v) is 11.7. The largest absolute Gasteiger partial charge is 0.315 e. The van der Waals surface area contributed by atoms with E-state index in [1.807, 2.05) is 31.2 Å². The fourth-order valence-corrected chi connectivity index (χ4v) is 7.10. The maximum Gasteiger partial charge on any atom is 0.294 e. The Balaban J connectivity index is 1.56. The lowest BCUT2D eigenvalue weighted by atomic mass is 9.75. The lowest BCUT2D eigenvalue weighted by molar-refractivity contribution is -0.948. The number of carbonyl (C=O) groups excluding carboxylic acids is 3. The molecule has 4 aliphatic rings. The molecule has 4 aliphatic heterocycles. The number of hydrogen-bond donors (Lipinski definition) is 1. The fourth-order valence-electron chi connectivity index (χ4n) is 7.10. The van der Waals surface area contributed by atoms with E-state index in [0.717, 1.165) is 40.4 Å². The molecule has 1 spiro atoms. The molecule has 9 nitrogen and oxygen atoms in total. The summed E-state index contributed by atoms with van der Waals surface area (Å²) in [4.78, 5) is 56.9. The zero-order valence-corrected chi connectivity index (χ0v) is 19.0. The minimum atomic E-state index is -1.14. The van der Waals surface area contributed by atoms with E-state index in [2.05, 4.69) is 0 Å². The van der Waals surface area contributed by atoms with Gasteiger partial charge < -0.3 is 9.80 Å². The highest BCUT2D eigenvalue weighted by atomic mass is 16.6. The smallest absolute Gasteiger partial charge is 0.294 e. The average molecular weight is 461 g/mol. The van der Waals surface area contributed by atoms with Gasteiger partial charge in [-0.15, -0.1) is 0 Å². The van der Waals surface area contributed by atoms with Crippen molar-refractivity contribution >= 4 is 34.8 Å². The second-order valence-electron chi connectivity index (χ2n) is 9.64. The minimum Gasteiger partial charge on any atom is -0.315 e. The number of anilines is 2. The standard InChI is InChI=1S/C25H24N4O5/c1-3-26-17-8-5-4-7-16(17)25(24(26)32)21-20(18-9-6-12-27(18)25)22(30)28(23(21)31)19-13-15(29(33)34)11-10-14(19)2/h4-5,7-8,10-11,13,18,20-21H,3,6,9,12H2,1-2H3/p+1/t18-,20+,21-,25+/m0/s1. The summed E-state index contributed by atoms with van der Waals surface area (Å²) in [7, 11) is 0. The van der Waals surface area contributed by atoms with Gasteiger partial charge >= 0.3 is 0 Å². The van der Waals surface area contributed by atoms with Crippen molar-refractivity contribution in [2.45, 2.75) is 38.3 Å². The summed E-state index contributed by atoms with van der Waals surface area (Å²) in [6.45, 7) is 4.84. The van der Waals surface area contributed by atoms with Crippen LogP contribution in [0.5, 0.6) is 0 Å². The molecule has 3 fully saturated rings. The van der Waals surface area contributed by atoms with Crippen molar-refractivity contribution < 1.29 is 24.2 Å². The maximum atomic E-state index is 14.1. The van der Waals surface area contributed by atoms with Crippen LogP contribution in [0.15, 0.2) is 42.5 Å². The Bertz CT molecular complexity index is 1290. The van der Waals surface area contributed by atoms with Gasteiger partial charge in [0.05, 0.1) is 22.8 Å². The van der Waals surface area contributed by atoms with E-state index in [1.165, 1.54) is 12.1 Å². The van der Waals surface area contributed by atoms with Gasteiger partial charge in [0.15, 0.2) is 0 Å². The monoisotopic (exact) mass is 461 g/mol. The number of likely N-dealkylation sites (N-methyl/N-ethyl adjacent to an activating group) is 1. The first kappa shape index (κ1) is 21.0. The summed E-state index contributed by atoms with van der Waals surface area (Å²) in [6.07, 6.45) is 1.64. The van der Waals surface area contributed by atoms with Gasteiger partial charge in [0.1, 0.15) is 17.9 Å². The number of aryl methyl sites for hydroxylation is 1. The van der Waals surface area contributed by atoms with Crippen molar-refractivity contribution in [2.24, 2.45) is 11.8 Å². The summed E-state index contributed by atoms with van der Waals surface area (Å²) in [5.41, 5.74) is 1.13. The Morgan fingerprint density at radius 2 is 1.88 bits per heavy atom.